The number of anilines is 1. The van der Waals surface area contributed by atoms with Crippen LogP contribution in [0.4, 0.5) is 9.52 Å². The monoisotopic (exact) mass is 455 g/mol. The largest absolute Gasteiger partial charge is 0.308 e. The summed E-state index contributed by atoms with van der Waals surface area (Å²) in [5.41, 5.74) is 0.337. The van der Waals surface area contributed by atoms with Crippen molar-refractivity contribution in [2.24, 2.45) is 0 Å². The zero-order valence-corrected chi connectivity index (χ0v) is 18.4. The molecule has 0 aliphatic carbocycles. The number of aromatic nitrogens is 1. The van der Waals surface area contributed by atoms with Crippen LogP contribution in [0.1, 0.15) is 10.4 Å². The highest BCUT2D eigenvalue weighted by Crippen LogP contribution is 2.32. The van der Waals surface area contributed by atoms with Gasteiger partial charge in [0.2, 0.25) is 0 Å². The second kappa shape index (κ2) is 8.35. The van der Waals surface area contributed by atoms with Gasteiger partial charge in [0.05, 0.1) is 25.7 Å². The molecule has 0 aliphatic rings. The number of amides is 1. The van der Waals surface area contributed by atoms with E-state index in [1.165, 1.54) is 46.6 Å². The third-order valence-electron chi connectivity index (χ3n) is 4.20. The molecule has 0 unspecified atom stereocenters. The third-order valence-corrected chi connectivity index (χ3v) is 6.67. The van der Waals surface area contributed by atoms with Crippen LogP contribution >= 0.6 is 22.9 Å². The molecule has 0 spiro atoms. The van der Waals surface area contributed by atoms with Gasteiger partial charge in [0.25, 0.3) is 5.91 Å². The molecule has 1 aromatic heterocycles. The van der Waals surface area contributed by atoms with Crippen LogP contribution in [0, 0.1) is 5.82 Å². The summed E-state index contributed by atoms with van der Waals surface area (Å²) in [4.78, 5) is 21.0. The number of thiazole rings is 1. The molecule has 0 saturated heterocycles. The summed E-state index contributed by atoms with van der Waals surface area (Å²) in [6.07, 6.45) is 1.13. The predicted octanol–water partition coefficient (Wildman–Crippen LogP) is 3.70. The van der Waals surface area contributed by atoms with E-state index in [-0.39, 0.29) is 22.0 Å². The highest BCUT2D eigenvalue weighted by molar-refractivity contribution is 7.90. The van der Waals surface area contributed by atoms with Crippen molar-refractivity contribution in [2.45, 2.75) is 4.90 Å². The van der Waals surface area contributed by atoms with Crippen LogP contribution in [-0.2, 0) is 9.84 Å². The van der Waals surface area contributed by atoms with Crippen LogP contribution in [0.3, 0.4) is 0 Å². The lowest BCUT2D eigenvalue weighted by Gasteiger charge is -2.22. The van der Waals surface area contributed by atoms with Gasteiger partial charge < -0.3 is 4.90 Å². The summed E-state index contributed by atoms with van der Waals surface area (Å²) in [7, 11) is 0.341. The van der Waals surface area contributed by atoms with Crippen molar-refractivity contribution >= 4 is 54.0 Å². The Kier molecular flexibility index (Phi) is 6.23. The number of hydrogen-bond acceptors (Lipinski definition) is 6. The molecule has 1 amide bonds. The maximum Gasteiger partial charge on any atom is 0.264 e. The number of hydrogen-bond donors (Lipinski definition) is 0. The van der Waals surface area contributed by atoms with Crippen molar-refractivity contribution in [3.8, 4) is 0 Å². The number of sulfone groups is 1. The van der Waals surface area contributed by atoms with Crippen molar-refractivity contribution in [2.75, 3.05) is 38.3 Å². The molecule has 0 radical (unpaired) electrons. The first-order valence-corrected chi connectivity index (χ1v) is 11.7. The van der Waals surface area contributed by atoms with E-state index in [1.807, 2.05) is 19.0 Å². The summed E-state index contributed by atoms with van der Waals surface area (Å²) < 4.78 is 38.6. The SMILES string of the molecule is CN(C)CCN(C(=O)c1c(F)cccc1Cl)c1nc2ccc(S(C)(=O)=O)cc2s1. The minimum Gasteiger partial charge on any atom is -0.308 e. The van der Waals surface area contributed by atoms with E-state index in [2.05, 4.69) is 4.98 Å². The molecule has 0 bridgehead atoms. The lowest BCUT2D eigenvalue weighted by molar-refractivity contribution is 0.0981. The van der Waals surface area contributed by atoms with E-state index in [9.17, 15) is 17.6 Å². The van der Waals surface area contributed by atoms with Gasteiger partial charge in [-0.1, -0.05) is 29.0 Å². The van der Waals surface area contributed by atoms with Crippen molar-refractivity contribution in [1.29, 1.82) is 0 Å². The second-order valence-electron chi connectivity index (χ2n) is 6.75. The number of likely N-dealkylation sites (N-methyl/N-ethyl adjacent to an activating group) is 1. The normalized spacial score (nSPS) is 11.9. The fraction of sp³-hybridized carbons (Fsp3) is 0.263. The number of fused-ring (bicyclic) bond motifs is 1. The third kappa shape index (κ3) is 4.75. The Hall–Kier alpha value is -2.07. The lowest BCUT2D eigenvalue weighted by Crippen LogP contribution is -2.37. The average molecular weight is 456 g/mol. The van der Waals surface area contributed by atoms with Crippen molar-refractivity contribution in [3.05, 3.63) is 52.8 Å². The molecule has 1 heterocycles. The molecule has 0 fully saturated rings. The number of benzene rings is 2. The number of halogens is 2. The van der Waals surface area contributed by atoms with E-state index < -0.39 is 21.6 Å². The van der Waals surface area contributed by atoms with Gasteiger partial charge in [0.1, 0.15) is 5.82 Å². The highest BCUT2D eigenvalue weighted by atomic mass is 35.5. The fourth-order valence-electron chi connectivity index (χ4n) is 2.66. The molecule has 10 heteroatoms. The first-order chi connectivity index (χ1) is 13.6. The molecule has 0 aliphatic heterocycles. The van der Waals surface area contributed by atoms with Crippen LogP contribution in [-0.4, -0.2) is 57.6 Å². The van der Waals surface area contributed by atoms with E-state index in [0.29, 0.717) is 21.9 Å². The molecular weight excluding hydrogens is 437 g/mol. The molecular formula is C19H19ClFN3O3S2. The predicted molar refractivity (Wildman–Crippen MR) is 114 cm³/mol. The minimum atomic E-state index is -3.37. The molecule has 154 valence electrons. The van der Waals surface area contributed by atoms with Crippen LogP contribution in [0.5, 0.6) is 0 Å². The fourth-order valence-corrected chi connectivity index (χ4v) is 4.65. The zero-order valence-electron chi connectivity index (χ0n) is 16.0. The lowest BCUT2D eigenvalue weighted by atomic mass is 10.2. The maximum atomic E-state index is 14.3. The highest BCUT2D eigenvalue weighted by Gasteiger charge is 2.26. The molecule has 2 aromatic carbocycles. The van der Waals surface area contributed by atoms with Gasteiger partial charge >= 0.3 is 0 Å². The molecule has 3 rings (SSSR count). The number of rotatable bonds is 6. The molecule has 0 N–H and O–H groups in total. The quantitative estimate of drug-likeness (QED) is 0.566. The van der Waals surface area contributed by atoms with Crippen molar-refractivity contribution in [3.63, 3.8) is 0 Å². The van der Waals surface area contributed by atoms with Gasteiger partial charge in [-0.15, -0.1) is 0 Å². The molecule has 0 atom stereocenters. The summed E-state index contributed by atoms with van der Waals surface area (Å²) in [5.74, 6) is -1.31. The Labute approximate surface area is 177 Å². The van der Waals surface area contributed by atoms with Crippen molar-refractivity contribution < 1.29 is 17.6 Å². The van der Waals surface area contributed by atoms with Crippen LogP contribution in [0.2, 0.25) is 5.02 Å². The van der Waals surface area contributed by atoms with Crippen LogP contribution in [0.15, 0.2) is 41.3 Å². The second-order valence-corrected chi connectivity index (χ2v) is 10.2. The maximum absolute atomic E-state index is 14.3. The van der Waals surface area contributed by atoms with E-state index in [4.69, 9.17) is 11.6 Å². The van der Waals surface area contributed by atoms with Gasteiger partial charge in [0.15, 0.2) is 15.0 Å². The van der Waals surface area contributed by atoms with E-state index in [1.54, 1.807) is 6.07 Å². The van der Waals surface area contributed by atoms with Gasteiger partial charge in [-0.05, 0) is 44.4 Å². The van der Waals surface area contributed by atoms with Crippen molar-refractivity contribution in [1.82, 2.24) is 9.88 Å². The molecule has 0 saturated carbocycles. The van der Waals surface area contributed by atoms with Crippen LogP contribution < -0.4 is 4.90 Å². The Morgan fingerprint density at radius 3 is 2.55 bits per heavy atom. The number of nitrogens with zero attached hydrogens (tertiary/aromatic N) is 3. The summed E-state index contributed by atoms with van der Waals surface area (Å²) >= 11 is 7.25. The van der Waals surface area contributed by atoms with E-state index >= 15 is 0 Å². The Bertz CT molecular complexity index is 1160. The van der Waals surface area contributed by atoms with Gasteiger partial charge in [-0.2, -0.15) is 0 Å². The average Bonchev–Trinajstić information content (AvgIpc) is 3.03. The number of carbonyl (C=O) groups is 1. The van der Waals surface area contributed by atoms with Gasteiger partial charge in [0, 0.05) is 19.3 Å². The minimum absolute atomic E-state index is 0.0188. The first kappa shape index (κ1) is 21.6. The summed E-state index contributed by atoms with van der Waals surface area (Å²) in [6.45, 7) is 0.775. The molecule has 29 heavy (non-hydrogen) atoms. The Morgan fingerprint density at radius 1 is 1.21 bits per heavy atom. The van der Waals surface area contributed by atoms with Gasteiger partial charge in [-0.3, -0.25) is 9.69 Å². The Morgan fingerprint density at radius 2 is 1.93 bits per heavy atom. The Balaban J connectivity index is 2.08. The topological polar surface area (TPSA) is 70.6 Å². The zero-order chi connectivity index (χ0) is 21.3. The van der Waals surface area contributed by atoms with Crippen LogP contribution in [0.25, 0.3) is 10.2 Å². The molecule has 6 nitrogen and oxygen atoms in total. The van der Waals surface area contributed by atoms with E-state index in [0.717, 1.165) is 6.26 Å². The smallest absolute Gasteiger partial charge is 0.264 e. The first-order valence-electron chi connectivity index (χ1n) is 8.59. The summed E-state index contributed by atoms with van der Waals surface area (Å²) in [6, 6.07) is 8.66. The standard InChI is InChI=1S/C19H19ClFN3O3S2/c1-23(2)9-10-24(18(25)17-13(20)5-4-6-14(17)21)19-22-15-8-7-12(29(3,26)27)11-16(15)28-19/h4-8,11H,9-10H2,1-3H3. The molecule has 3 aromatic rings. The summed E-state index contributed by atoms with van der Waals surface area (Å²) in [5, 5.41) is 0.363. The van der Waals surface area contributed by atoms with Gasteiger partial charge in [-0.25, -0.2) is 17.8 Å². The number of carbonyl (C=O) groups excluding carboxylic acids is 1.